The van der Waals surface area contributed by atoms with Crippen LogP contribution >= 0.6 is 22.9 Å². The SMILES string of the molecule is Cc1ccn(C(C)C(=O)c2ccc(Cl)s2)n1. The van der Waals surface area contributed by atoms with Crippen molar-refractivity contribution in [2.45, 2.75) is 19.9 Å². The van der Waals surface area contributed by atoms with Crippen molar-refractivity contribution in [3.05, 3.63) is 39.3 Å². The maximum Gasteiger partial charge on any atom is 0.197 e. The van der Waals surface area contributed by atoms with Crippen LogP contribution in [0.4, 0.5) is 0 Å². The smallest absolute Gasteiger partial charge is 0.197 e. The molecule has 0 amide bonds. The van der Waals surface area contributed by atoms with Gasteiger partial charge in [-0.2, -0.15) is 5.10 Å². The fraction of sp³-hybridized carbons (Fsp3) is 0.273. The second kappa shape index (κ2) is 4.39. The number of hydrogen-bond donors (Lipinski definition) is 0. The van der Waals surface area contributed by atoms with Crippen LogP contribution in [0.15, 0.2) is 24.4 Å². The molecule has 2 heterocycles. The molecule has 0 saturated heterocycles. The summed E-state index contributed by atoms with van der Waals surface area (Å²) in [6.07, 6.45) is 1.81. The summed E-state index contributed by atoms with van der Waals surface area (Å²) < 4.78 is 2.30. The molecule has 5 heteroatoms. The summed E-state index contributed by atoms with van der Waals surface area (Å²) >= 11 is 7.10. The quantitative estimate of drug-likeness (QED) is 0.788. The molecule has 0 fully saturated rings. The second-order valence-corrected chi connectivity index (χ2v) is 5.30. The number of carbonyl (C=O) groups is 1. The molecule has 0 aliphatic rings. The number of ketones is 1. The molecule has 0 aliphatic heterocycles. The molecule has 0 bridgehead atoms. The molecule has 3 nitrogen and oxygen atoms in total. The van der Waals surface area contributed by atoms with Crippen LogP contribution in [-0.2, 0) is 0 Å². The zero-order chi connectivity index (χ0) is 11.7. The van der Waals surface area contributed by atoms with Crippen molar-refractivity contribution in [3.8, 4) is 0 Å². The third-order valence-electron chi connectivity index (χ3n) is 2.33. The molecule has 16 heavy (non-hydrogen) atoms. The van der Waals surface area contributed by atoms with E-state index in [0.29, 0.717) is 9.21 Å². The molecule has 0 aliphatic carbocycles. The monoisotopic (exact) mass is 254 g/mol. The average Bonchev–Trinajstić information content (AvgIpc) is 2.85. The first-order valence-corrected chi connectivity index (χ1v) is 6.08. The minimum Gasteiger partial charge on any atom is -0.291 e. The number of halogens is 1. The summed E-state index contributed by atoms with van der Waals surface area (Å²) in [5.74, 6) is 0.0417. The van der Waals surface area contributed by atoms with Crippen LogP contribution in [-0.4, -0.2) is 15.6 Å². The fourth-order valence-electron chi connectivity index (χ4n) is 1.42. The minimum absolute atomic E-state index is 0.0417. The molecule has 0 radical (unpaired) electrons. The van der Waals surface area contributed by atoms with Gasteiger partial charge in [0.1, 0.15) is 6.04 Å². The van der Waals surface area contributed by atoms with Gasteiger partial charge in [0.2, 0.25) is 0 Å². The highest BCUT2D eigenvalue weighted by atomic mass is 35.5. The molecule has 1 atom stereocenters. The Balaban J connectivity index is 2.22. The van der Waals surface area contributed by atoms with E-state index in [9.17, 15) is 4.79 Å². The first kappa shape index (κ1) is 11.4. The standard InChI is InChI=1S/C11H11ClN2OS/c1-7-5-6-14(13-7)8(2)11(15)9-3-4-10(12)16-9/h3-6,8H,1-2H3. The van der Waals surface area contributed by atoms with E-state index >= 15 is 0 Å². The van der Waals surface area contributed by atoms with Crippen molar-refractivity contribution < 1.29 is 4.79 Å². The van der Waals surface area contributed by atoms with E-state index < -0.39 is 0 Å². The Labute approximate surface area is 103 Å². The van der Waals surface area contributed by atoms with Crippen molar-refractivity contribution in [3.63, 3.8) is 0 Å². The summed E-state index contributed by atoms with van der Waals surface area (Å²) in [5.41, 5.74) is 0.906. The van der Waals surface area contributed by atoms with Crippen LogP contribution in [0, 0.1) is 6.92 Å². The van der Waals surface area contributed by atoms with Gasteiger partial charge in [-0.15, -0.1) is 11.3 Å². The molecule has 2 aromatic rings. The maximum absolute atomic E-state index is 12.1. The van der Waals surface area contributed by atoms with Gasteiger partial charge in [0.05, 0.1) is 14.9 Å². The van der Waals surface area contributed by atoms with E-state index in [-0.39, 0.29) is 11.8 Å². The normalized spacial score (nSPS) is 12.7. The Bertz CT molecular complexity index is 518. The minimum atomic E-state index is -0.289. The van der Waals surface area contributed by atoms with Gasteiger partial charge in [0.25, 0.3) is 0 Å². The number of rotatable bonds is 3. The van der Waals surface area contributed by atoms with E-state index in [4.69, 9.17) is 11.6 Å². The van der Waals surface area contributed by atoms with Crippen LogP contribution in [0.2, 0.25) is 4.34 Å². The number of Topliss-reactive ketones (excluding diaryl/α,β-unsaturated/α-hetero) is 1. The van der Waals surface area contributed by atoms with Crippen LogP contribution in [0.3, 0.4) is 0 Å². The molecular formula is C11H11ClN2OS. The highest BCUT2D eigenvalue weighted by Gasteiger charge is 2.19. The first-order chi connectivity index (χ1) is 7.58. The number of nitrogens with zero attached hydrogens (tertiary/aromatic N) is 2. The van der Waals surface area contributed by atoms with E-state index in [1.54, 1.807) is 16.8 Å². The van der Waals surface area contributed by atoms with Crippen LogP contribution in [0.1, 0.15) is 28.3 Å². The third-order valence-corrected chi connectivity index (χ3v) is 3.58. The van der Waals surface area contributed by atoms with Crippen molar-refractivity contribution in [1.29, 1.82) is 0 Å². The molecule has 0 saturated carbocycles. The van der Waals surface area contributed by atoms with Crippen molar-refractivity contribution in [1.82, 2.24) is 9.78 Å². The van der Waals surface area contributed by atoms with Gasteiger partial charge in [-0.05, 0) is 32.0 Å². The maximum atomic E-state index is 12.1. The van der Waals surface area contributed by atoms with Crippen molar-refractivity contribution in [2.75, 3.05) is 0 Å². The molecule has 2 rings (SSSR count). The molecule has 84 valence electrons. The van der Waals surface area contributed by atoms with Gasteiger partial charge in [0.15, 0.2) is 5.78 Å². The molecule has 0 spiro atoms. The lowest BCUT2D eigenvalue weighted by atomic mass is 10.2. The van der Waals surface area contributed by atoms with Crippen LogP contribution in [0.5, 0.6) is 0 Å². The van der Waals surface area contributed by atoms with Crippen molar-refractivity contribution in [2.24, 2.45) is 0 Å². The third kappa shape index (κ3) is 2.18. The summed E-state index contributed by atoms with van der Waals surface area (Å²) in [4.78, 5) is 12.7. The first-order valence-electron chi connectivity index (χ1n) is 4.89. The van der Waals surface area contributed by atoms with Gasteiger partial charge < -0.3 is 0 Å². The largest absolute Gasteiger partial charge is 0.291 e. The average molecular weight is 255 g/mol. The Kier molecular flexibility index (Phi) is 3.12. The number of aryl methyl sites for hydroxylation is 1. The highest BCUT2D eigenvalue weighted by Crippen LogP contribution is 2.25. The lowest BCUT2D eigenvalue weighted by Gasteiger charge is -2.09. The van der Waals surface area contributed by atoms with Gasteiger partial charge in [-0.25, -0.2) is 0 Å². The Morgan fingerprint density at radius 1 is 1.50 bits per heavy atom. The summed E-state index contributed by atoms with van der Waals surface area (Å²) in [6.45, 7) is 3.73. The van der Waals surface area contributed by atoms with Gasteiger partial charge in [-0.1, -0.05) is 11.6 Å². The zero-order valence-electron chi connectivity index (χ0n) is 8.98. The number of aromatic nitrogens is 2. The number of hydrogen-bond acceptors (Lipinski definition) is 3. The molecular weight excluding hydrogens is 244 g/mol. The van der Waals surface area contributed by atoms with E-state index in [0.717, 1.165) is 5.69 Å². The summed E-state index contributed by atoms with van der Waals surface area (Å²) in [7, 11) is 0. The van der Waals surface area contributed by atoms with Gasteiger partial charge in [0, 0.05) is 6.20 Å². The Morgan fingerprint density at radius 3 is 2.75 bits per heavy atom. The number of carbonyl (C=O) groups excluding carboxylic acids is 1. The fourth-order valence-corrected chi connectivity index (χ4v) is 2.49. The lowest BCUT2D eigenvalue weighted by molar-refractivity contribution is 0.0932. The number of thiophene rings is 1. The second-order valence-electron chi connectivity index (χ2n) is 3.58. The lowest BCUT2D eigenvalue weighted by Crippen LogP contribution is -2.16. The van der Waals surface area contributed by atoms with Crippen LogP contribution in [0.25, 0.3) is 0 Å². The van der Waals surface area contributed by atoms with Gasteiger partial charge in [-0.3, -0.25) is 9.48 Å². The molecule has 2 aromatic heterocycles. The highest BCUT2D eigenvalue weighted by molar-refractivity contribution is 7.18. The van der Waals surface area contributed by atoms with E-state index in [2.05, 4.69) is 5.10 Å². The molecule has 0 N–H and O–H groups in total. The Hall–Kier alpha value is -1.13. The van der Waals surface area contributed by atoms with Crippen molar-refractivity contribution >= 4 is 28.7 Å². The van der Waals surface area contributed by atoms with E-state index in [1.165, 1.54) is 11.3 Å². The van der Waals surface area contributed by atoms with Crippen LogP contribution < -0.4 is 0 Å². The predicted molar refractivity (Wildman–Crippen MR) is 65.3 cm³/mol. The molecule has 0 aromatic carbocycles. The van der Waals surface area contributed by atoms with E-state index in [1.807, 2.05) is 26.1 Å². The summed E-state index contributed by atoms with van der Waals surface area (Å²) in [5, 5.41) is 4.23. The summed E-state index contributed by atoms with van der Waals surface area (Å²) in [6, 6.07) is 5.08. The predicted octanol–water partition coefficient (Wildman–Crippen LogP) is 3.35. The topological polar surface area (TPSA) is 34.9 Å². The van der Waals surface area contributed by atoms with Gasteiger partial charge >= 0.3 is 0 Å². The Morgan fingerprint density at radius 2 is 2.25 bits per heavy atom. The zero-order valence-corrected chi connectivity index (χ0v) is 10.5. The molecule has 1 unspecified atom stereocenters.